The van der Waals surface area contributed by atoms with Crippen LogP contribution >= 0.6 is 0 Å². The Morgan fingerprint density at radius 3 is 2.36 bits per heavy atom. The lowest BCUT2D eigenvalue weighted by atomic mass is 9.93. The Hall–Kier alpha value is -2.20. The first-order valence-electron chi connectivity index (χ1n) is 7.40. The molecule has 0 spiro atoms. The molecule has 1 unspecified atom stereocenters. The highest BCUT2D eigenvalue weighted by Gasteiger charge is 2.12. The Morgan fingerprint density at radius 2 is 1.73 bits per heavy atom. The highest BCUT2D eigenvalue weighted by atomic mass is 19.1. The summed E-state index contributed by atoms with van der Waals surface area (Å²) in [5.74, 6) is -0.362. The van der Waals surface area contributed by atoms with E-state index in [9.17, 15) is 14.3 Å². The lowest BCUT2D eigenvalue weighted by Crippen LogP contribution is -2.25. The summed E-state index contributed by atoms with van der Waals surface area (Å²) < 4.78 is 12.8. The van der Waals surface area contributed by atoms with Crippen LogP contribution in [0.2, 0.25) is 0 Å². The average molecular weight is 301 g/mol. The first-order valence-corrected chi connectivity index (χ1v) is 7.40. The molecular formula is C18H20FNO2. The zero-order valence-electron chi connectivity index (χ0n) is 12.3. The second kappa shape index (κ2) is 8.29. The van der Waals surface area contributed by atoms with Gasteiger partial charge in [0.2, 0.25) is 0 Å². The highest BCUT2D eigenvalue weighted by molar-refractivity contribution is 5.94. The Kier molecular flexibility index (Phi) is 6.10. The Bertz CT molecular complexity index is 584. The van der Waals surface area contributed by atoms with E-state index in [2.05, 4.69) is 5.32 Å². The average Bonchev–Trinajstić information content (AvgIpc) is 2.55. The minimum atomic E-state index is -0.358. The van der Waals surface area contributed by atoms with Gasteiger partial charge in [0.1, 0.15) is 5.82 Å². The summed E-state index contributed by atoms with van der Waals surface area (Å²) in [6.07, 6.45) is 1.41. The number of hydrogen-bond donors (Lipinski definition) is 2. The maximum absolute atomic E-state index is 12.8. The van der Waals surface area contributed by atoms with Gasteiger partial charge in [-0.2, -0.15) is 0 Å². The van der Waals surface area contributed by atoms with Crippen LogP contribution in [0.25, 0.3) is 0 Å². The van der Waals surface area contributed by atoms with E-state index in [-0.39, 0.29) is 24.2 Å². The van der Waals surface area contributed by atoms with Gasteiger partial charge in [0, 0.05) is 18.7 Å². The fourth-order valence-corrected chi connectivity index (χ4v) is 2.42. The Labute approximate surface area is 129 Å². The number of halogens is 1. The van der Waals surface area contributed by atoms with Crippen LogP contribution in [0.15, 0.2) is 54.6 Å². The molecule has 1 amide bonds. The molecule has 4 heteroatoms. The molecule has 2 aromatic carbocycles. The van der Waals surface area contributed by atoms with Crippen LogP contribution in [-0.2, 0) is 0 Å². The van der Waals surface area contributed by atoms with Crippen molar-refractivity contribution in [3.63, 3.8) is 0 Å². The predicted octanol–water partition coefficient (Wildman–Crippen LogP) is 3.11. The summed E-state index contributed by atoms with van der Waals surface area (Å²) in [6.45, 7) is 0.626. The molecule has 0 heterocycles. The second-order valence-corrected chi connectivity index (χ2v) is 5.17. The van der Waals surface area contributed by atoms with Gasteiger partial charge in [0.25, 0.3) is 5.91 Å². The van der Waals surface area contributed by atoms with Gasteiger partial charge in [-0.15, -0.1) is 0 Å². The fourth-order valence-electron chi connectivity index (χ4n) is 2.42. The molecule has 2 N–H and O–H groups in total. The van der Waals surface area contributed by atoms with Crippen molar-refractivity contribution in [3.05, 3.63) is 71.5 Å². The highest BCUT2D eigenvalue weighted by Crippen LogP contribution is 2.22. The molecule has 0 saturated carbocycles. The van der Waals surface area contributed by atoms with Gasteiger partial charge in [-0.05, 0) is 48.6 Å². The van der Waals surface area contributed by atoms with Gasteiger partial charge in [0.05, 0.1) is 0 Å². The maximum atomic E-state index is 12.8. The maximum Gasteiger partial charge on any atom is 0.251 e. The van der Waals surface area contributed by atoms with E-state index in [0.717, 1.165) is 12.0 Å². The van der Waals surface area contributed by atoms with Crippen LogP contribution in [0.1, 0.15) is 34.7 Å². The number of rotatable bonds is 7. The zero-order chi connectivity index (χ0) is 15.8. The molecule has 0 radical (unpaired) electrons. The van der Waals surface area contributed by atoms with Crippen molar-refractivity contribution >= 4 is 5.91 Å². The Morgan fingerprint density at radius 1 is 1.05 bits per heavy atom. The molecule has 2 rings (SSSR count). The molecule has 22 heavy (non-hydrogen) atoms. The van der Waals surface area contributed by atoms with E-state index in [0.29, 0.717) is 18.5 Å². The summed E-state index contributed by atoms with van der Waals surface area (Å²) in [6, 6.07) is 15.4. The first-order chi connectivity index (χ1) is 10.7. The van der Waals surface area contributed by atoms with Gasteiger partial charge >= 0.3 is 0 Å². The molecule has 2 aromatic rings. The molecule has 3 nitrogen and oxygen atoms in total. The standard InChI is InChI=1S/C18H20FNO2/c19-17-8-6-16(7-9-17)18(22)20-12-10-15(11-13-21)14-4-2-1-3-5-14/h1-9,15,21H,10-13H2,(H,20,22). The summed E-state index contributed by atoms with van der Waals surface area (Å²) in [5.41, 5.74) is 1.60. The van der Waals surface area contributed by atoms with E-state index < -0.39 is 0 Å². The number of carbonyl (C=O) groups is 1. The molecule has 0 fully saturated rings. The molecule has 1 atom stereocenters. The minimum absolute atomic E-state index is 0.117. The molecule has 0 saturated heterocycles. The normalized spacial score (nSPS) is 11.9. The smallest absolute Gasteiger partial charge is 0.251 e. The quantitative estimate of drug-likeness (QED) is 0.825. The van der Waals surface area contributed by atoms with Crippen molar-refractivity contribution in [3.8, 4) is 0 Å². The number of aliphatic hydroxyl groups is 1. The van der Waals surface area contributed by atoms with Crippen molar-refractivity contribution in [1.29, 1.82) is 0 Å². The van der Waals surface area contributed by atoms with Crippen LogP contribution in [0.4, 0.5) is 4.39 Å². The molecule has 0 aliphatic heterocycles. The Balaban J connectivity index is 1.87. The summed E-state index contributed by atoms with van der Waals surface area (Å²) in [7, 11) is 0. The molecule has 0 aromatic heterocycles. The second-order valence-electron chi connectivity index (χ2n) is 5.17. The van der Waals surface area contributed by atoms with E-state index in [1.54, 1.807) is 0 Å². The molecule has 116 valence electrons. The molecule has 0 aliphatic rings. The number of benzene rings is 2. The molecule has 0 aliphatic carbocycles. The van der Waals surface area contributed by atoms with Crippen molar-refractivity contribution in [2.24, 2.45) is 0 Å². The zero-order valence-corrected chi connectivity index (χ0v) is 12.3. The largest absolute Gasteiger partial charge is 0.396 e. The summed E-state index contributed by atoms with van der Waals surface area (Å²) in [5, 5.41) is 12.0. The van der Waals surface area contributed by atoms with Gasteiger partial charge in [-0.1, -0.05) is 30.3 Å². The van der Waals surface area contributed by atoms with E-state index in [4.69, 9.17) is 0 Å². The van der Waals surface area contributed by atoms with Crippen LogP contribution in [0.5, 0.6) is 0 Å². The topological polar surface area (TPSA) is 49.3 Å². The third kappa shape index (κ3) is 4.67. The van der Waals surface area contributed by atoms with Crippen LogP contribution in [0, 0.1) is 5.82 Å². The van der Waals surface area contributed by atoms with Crippen molar-refractivity contribution in [2.45, 2.75) is 18.8 Å². The first kappa shape index (κ1) is 16.2. The number of amides is 1. The number of hydrogen-bond acceptors (Lipinski definition) is 2. The van der Waals surface area contributed by atoms with Crippen molar-refractivity contribution in [1.82, 2.24) is 5.32 Å². The molecule has 0 bridgehead atoms. The monoisotopic (exact) mass is 301 g/mol. The summed E-state index contributed by atoms with van der Waals surface area (Å²) >= 11 is 0. The summed E-state index contributed by atoms with van der Waals surface area (Å²) in [4.78, 5) is 11.9. The van der Waals surface area contributed by atoms with Crippen LogP contribution < -0.4 is 5.32 Å². The molecular weight excluding hydrogens is 281 g/mol. The van der Waals surface area contributed by atoms with Gasteiger partial charge in [-0.3, -0.25) is 4.79 Å². The van der Waals surface area contributed by atoms with Gasteiger partial charge in [-0.25, -0.2) is 4.39 Å². The predicted molar refractivity (Wildman–Crippen MR) is 84.2 cm³/mol. The minimum Gasteiger partial charge on any atom is -0.396 e. The number of nitrogens with one attached hydrogen (secondary N) is 1. The lowest BCUT2D eigenvalue weighted by Gasteiger charge is -2.16. The number of carbonyl (C=O) groups excluding carboxylic acids is 1. The number of aliphatic hydroxyl groups excluding tert-OH is 1. The van der Waals surface area contributed by atoms with Crippen molar-refractivity contribution < 1.29 is 14.3 Å². The van der Waals surface area contributed by atoms with Crippen LogP contribution in [-0.4, -0.2) is 24.2 Å². The van der Waals surface area contributed by atoms with E-state index in [1.807, 2.05) is 30.3 Å². The fraction of sp³-hybridized carbons (Fsp3) is 0.278. The van der Waals surface area contributed by atoms with E-state index >= 15 is 0 Å². The SMILES string of the molecule is O=C(NCCC(CCO)c1ccccc1)c1ccc(F)cc1. The lowest BCUT2D eigenvalue weighted by molar-refractivity contribution is 0.0952. The van der Waals surface area contributed by atoms with Gasteiger partial charge < -0.3 is 10.4 Å². The van der Waals surface area contributed by atoms with E-state index in [1.165, 1.54) is 24.3 Å². The van der Waals surface area contributed by atoms with Crippen molar-refractivity contribution in [2.75, 3.05) is 13.2 Å². The van der Waals surface area contributed by atoms with Gasteiger partial charge in [0.15, 0.2) is 0 Å². The third-order valence-corrected chi connectivity index (χ3v) is 3.63. The third-order valence-electron chi connectivity index (χ3n) is 3.63. The van der Waals surface area contributed by atoms with Crippen LogP contribution in [0.3, 0.4) is 0 Å².